The molecule has 0 aliphatic heterocycles. The van der Waals surface area contributed by atoms with Crippen molar-refractivity contribution in [1.29, 1.82) is 0 Å². The molecule has 0 saturated carbocycles. The number of halogens is 1. The summed E-state index contributed by atoms with van der Waals surface area (Å²) in [5.41, 5.74) is 2.27. The summed E-state index contributed by atoms with van der Waals surface area (Å²) in [5, 5.41) is 3.03. The number of nitrogens with one attached hydrogen (secondary N) is 1. The van der Waals surface area contributed by atoms with Crippen LogP contribution in [0.5, 0.6) is 11.5 Å². The molecule has 2 rings (SSSR count). The summed E-state index contributed by atoms with van der Waals surface area (Å²) < 4.78 is 11.5. The first-order valence-corrected chi connectivity index (χ1v) is 7.59. The zero-order valence-electron chi connectivity index (χ0n) is 12.8. The molecule has 0 aliphatic rings. The lowest BCUT2D eigenvalue weighted by atomic mass is 10.0. The van der Waals surface area contributed by atoms with Crippen LogP contribution in [0, 0.1) is 0 Å². The molecule has 2 aromatic rings. The average molecular weight is 364 g/mol. The van der Waals surface area contributed by atoms with Crippen molar-refractivity contribution in [1.82, 2.24) is 0 Å². The van der Waals surface area contributed by atoms with Crippen LogP contribution in [0.1, 0.15) is 15.9 Å². The van der Waals surface area contributed by atoms with Crippen LogP contribution in [0.25, 0.3) is 0 Å². The van der Waals surface area contributed by atoms with E-state index in [1.54, 1.807) is 33.4 Å². The Hall–Kier alpha value is -2.01. The zero-order chi connectivity index (χ0) is 16.1. The molecule has 0 unspecified atom stereocenters. The maximum absolute atomic E-state index is 12.6. The van der Waals surface area contributed by atoms with Gasteiger partial charge in [0, 0.05) is 35.3 Å². The van der Waals surface area contributed by atoms with Gasteiger partial charge in [0.2, 0.25) is 0 Å². The number of Topliss-reactive ketones (excluding diaryl/α,β-unsaturated/α-hetero) is 1. The molecule has 5 heteroatoms. The molecule has 0 atom stereocenters. The summed E-state index contributed by atoms with van der Waals surface area (Å²) in [6.07, 6.45) is 0.331. The molecule has 1 N–H and O–H groups in total. The number of hydrogen-bond donors (Lipinski definition) is 1. The van der Waals surface area contributed by atoms with E-state index < -0.39 is 0 Å². The topological polar surface area (TPSA) is 47.6 Å². The van der Waals surface area contributed by atoms with E-state index in [1.165, 1.54) is 0 Å². The molecule has 0 aliphatic carbocycles. The number of benzene rings is 2. The fourth-order valence-electron chi connectivity index (χ4n) is 2.20. The largest absolute Gasteiger partial charge is 0.493 e. The molecule has 2 aromatic carbocycles. The molecule has 0 bridgehead atoms. The number of hydrogen-bond acceptors (Lipinski definition) is 4. The number of methoxy groups -OCH3 is 2. The average Bonchev–Trinajstić information content (AvgIpc) is 2.55. The lowest BCUT2D eigenvalue weighted by molar-refractivity contribution is 0.0993. The number of rotatable bonds is 6. The maximum Gasteiger partial charge on any atom is 0.169 e. The van der Waals surface area contributed by atoms with Gasteiger partial charge in [-0.1, -0.05) is 28.1 Å². The Labute approximate surface area is 138 Å². The molecule has 22 heavy (non-hydrogen) atoms. The van der Waals surface area contributed by atoms with Gasteiger partial charge in [0.25, 0.3) is 0 Å². The molecule has 0 radical (unpaired) electrons. The number of ketones is 1. The molecule has 116 valence electrons. The van der Waals surface area contributed by atoms with Gasteiger partial charge in [-0.25, -0.2) is 0 Å². The van der Waals surface area contributed by atoms with Crippen LogP contribution in [0.2, 0.25) is 0 Å². The third-order valence-electron chi connectivity index (χ3n) is 3.37. The summed E-state index contributed by atoms with van der Waals surface area (Å²) in [6.45, 7) is 0. The van der Waals surface area contributed by atoms with Gasteiger partial charge in [-0.3, -0.25) is 4.79 Å². The standard InChI is InChI=1S/C17H18BrNO3/c1-19-14-10-17(22-3)16(21-2)9-13(14)15(20)8-11-4-6-12(18)7-5-11/h4-7,9-10,19H,8H2,1-3H3. The highest BCUT2D eigenvalue weighted by molar-refractivity contribution is 9.10. The van der Waals surface area contributed by atoms with Crippen molar-refractivity contribution in [2.75, 3.05) is 26.6 Å². The smallest absolute Gasteiger partial charge is 0.169 e. The van der Waals surface area contributed by atoms with Crippen LogP contribution in [-0.4, -0.2) is 27.1 Å². The van der Waals surface area contributed by atoms with Crippen molar-refractivity contribution in [3.8, 4) is 11.5 Å². The summed E-state index contributed by atoms with van der Waals surface area (Å²) in [4.78, 5) is 12.6. The van der Waals surface area contributed by atoms with Gasteiger partial charge in [0.05, 0.1) is 14.2 Å². The highest BCUT2D eigenvalue weighted by Crippen LogP contribution is 2.33. The zero-order valence-corrected chi connectivity index (χ0v) is 14.4. The Balaban J connectivity index is 2.33. The Morgan fingerprint density at radius 2 is 1.68 bits per heavy atom. The molecule has 0 aromatic heterocycles. The van der Waals surface area contributed by atoms with E-state index in [1.807, 2.05) is 24.3 Å². The number of carbonyl (C=O) groups excluding carboxylic acids is 1. The first-order chi connectivity index (χ1) is 10.6. The fraction of sp³-hybridized carbons (Fsp3) is 0.235. The highest BCUT2D eigenvalue weighted by Gasteiger charge is 2.16. The van der Waals surface area contributed by atoms with Crippen molar-refractivity contribution < 1.29 is 14.3 Å². The first kappa shape index (κ1) is 16.4. The van der Waals surface area contributed by atoms with E-state index in [9.17, 15) is 4.79 Å². The van der Waals surface area contributed by atoms with E-state index >= 15 is 0 Å². The van der Waals surface area contributed by atoms with Crippen molar-refractivity contribution in [2.24, 2.45) is 0 Å². The van der Waals surface area contributed by atoms with E-state index in [0.717, 1.165) is 15.7 Å². The number of carbonyl (C=O) groups is 1. The van der Waals surface area contributed by atoms with E-state index in [0.29, 0.717) is 23.5 Å². The van der Waals surface area contributed by atoms with Crippen molar-refractivity contribution in [3.05, 3.63) is 52.0 Å². The second kappa shape index (κ2) is 7.31. The maximum atomic E-state index is 12.6. The predicted molar refractivity (Wildman–Crippen MR) is 91.3 cm³/mol. The quantitative estimate of drug-likeness (QED) is 0.789. The number of anilines is 1. The molecule has 0 fully saturated rings. The summed E-state index contributed by atoms with van der Waals surface area (Å²) in [7, 11) is 4.90. The number of ether oxygens (including phenoxy) is 2. The molecule has 0 amide bonds. The first-order valence-electron chi connectivity index (χ1n) is 6.80. The van der Waals surface area contributed by atoms with E-state index in [-0.39, 0.29) is 5.78 Å². The Kier molecular flexibility index (Phi) is 5.44. The van der Waals surface area contributed by atoms with Crippen LogP contribution in [0.15, 0.2) is 40.9 Å². The minimum Gasteiger partial charge on any atom is -0.493 e. The molecule has 4 nitrogen and oxygen atoms in total. The summed E-state index contributed by atoms with van der Waals surface area (Å²) >= 11 is 3.39. The van der Waals surface area contributed by atoms with Gasteiger partial charge >= 0.3 is 0 Å². The third kappa shape index (κ3) is 3.60. The van der Waals surface area contributed by atoms with Gasteiger partial charge in [-0.2, -0.15) is 0 Å². The molecule has 0 saturated heterocycles. The van der Waals surface area contributed by atoms with Crippen molar-refractivity contribution in [2.45, 2.75) is 6.42 Å². The fourth-order valence-corrected chi connectivity index (χ4v) is 2.46. The van der Waals surface area contributed by atoms with Gasteiger partial charge < -0.3 is 14.8 Å². The molecule has 0 heterocycles. The minimum atomic E-state index is 0.0209. The highest BCUT2D eigenvalue weighted by atomic mass is 79.9. The van der Waals surface area contributed by atoms with Crippen LogP contribution in [0.3, 0.4) is 0 Å². The lowest BCUT2D eigenvalue weighted by Crippen LogP contribution is -2.08. The van der Waals surface area contributed by atoms with E-state index in [2.05, 4.69) is 21.2 Å². The third-order valence-corrected chi connectivity index (χ3v) is 3.90. The van der Waals surface area contributed by atoms with Crippen molar-refractivity contribution >= 4 is 27.4 Å². The Morgan fingerprint density at radius 1 is 1.09 bits per heavy atom. The second-order valence-corrected chi connectivity index (χ2v) is 5.64. The van der Waals surface area contributed by atoms with Crippen molar-refractivity contribution in [3.63, 3.8) is 0 Å². The van der Waals surface area contributed by atoms with Crippen LogP contribution >= 0.6 is 15.9 Å². The molecular weight excluding hydrogens is 346 g/mol. The predicted octanol–water partition coefficient (Wildman–Crippen LogP) is 3.93. The van der Waals surface area contributed by atoms with Gasteiger partial charge in [-0.05, 0) is 23.8 Å². The van der Waals surface area contributed by atoms with Crippen LogP contribution < -0.4 is 14.8 Å². The second-order valence-electron chi connectivity index (χ2n) is 4.73. The van der Waals surface area contributed by atoms with Crippen LogP contribution in [0.4, 0.5) is 5.69 Å². The van der Waals surface area contributed by atoms with Gasteiger partial charge in [-0.15, -0.1) is 0 Å². The SMILES string of the molecule is CNc1cc(OC)c(OC)cc1C(=O)Cc1ccc(Br)cc1. The molecule has 0 spiro atoms. The monoisotopic (exact) mass is 363 g/mol. The van der Waals surface area contributed by atoms with Crippen LogP contribution in [-0.2, 0) is 6.42 Å². The summed E-state index contributed by atoms with van der Waals surface area (Å²) in [5.74, 6) is 1.15. The normalized spacial score (nSPS) is 10.2. The lowest BCUT2D eigenvalue weighted by Gasteiger charge is -2.14. The Bertz CT molecular complexity index is 668. The summed E-state index contributed by atoms with van der Waals surface area (Å²) in [6, 6.07) is 11.2. The van der Waals surface area contributed by atoms with Gasteiger partial charge in [0.15, 0.2) is 17.3 Å². The molecular formula is C17H18BrNO3. The Morgan fingerprint density at radius 3 is 2.23 bits per heavy atom. The van der Waals surface area contributed by atoms with Gasteiger partial charge in [0.1, 0.15) is 0 Å². The van der Waals surface area contributed by atoms with E-state index in [4.69, 9.17) is 9.47 Å². The minimum absolute atomic E-state index is 0.0209.